The summed E-state index contributed by atoms with van der Waals surface area (Å²) in [4.78, 5) is 2.41. The fourth-order valence-corrected chi connectivity index (χ4v) is 7.49. The average molecular weight is 664 g/mol. The number of nitrogens with zero attached hydrogens (tertiary/aromatic N) is 1. The zero-order valence-electron chi connectivity index (χ0n) is 29.1. The van der Waals surface area contributed by atoms with Crippen molar-refractivity contribution < 1.29 is 0 Å². The molecule has 52 heavy (non-hydrogen) atoms. The van der Waals surface area contributed by atoms with Crippen molar-refractivity contribution in [3.8, 4) is 22.3 Å². The van der Waals surface area contributed by atoms with Crippen LogP contribution in [0.2, 0.25) is 0 Å². The van der Waals surface area contributed by atoms with Crippen LogP contribution >= 0.6 is 0 Å². The van der Waals surface area contributed by atoms with E-state index in [1.54, 1.807) is 0 Å². The molecule has 246 valence electrons. The van der Waals surface area contributed by atoms with E-state index in [0.29, 0.717) is 0 Å². The number of aryl methyl sites for hydroxylation is 1. The highest BCUT2D eigenvalue weighted by Gasteiger charge is 2.18. The third-order valence-corrected chi connectivity index (χ3v) is 10.3. The second kappa shape index (κ2) is 13.5. The summed E-state index contributed by atoms with van der Waals surface area (Å²) in [5.41, 5.74) is 11.9. The van der Waals surface area contributed by atoms with Crippen LogP contribution in [-0.2, 0) is 0 Å². The average Bonchev–Trinajstić information content (AvgIpc) is 3.22. The lowest BCUT2D eigenvalue weighted by Crippen LogP contribution is -2.11. The van der Waals surface area contributed by atoms with Gasteiger partial charge in [-0.3, -0.25) is 0 Å². The van der Waals surface area contributed by atoms with Crippen LogP contribution in [0.1, 0.15) is 16.7 Å². The molecule has 0 aliphatic heterocycles. The molecule has 0 fully saturated rings. The Balaban J connectivity index is 1.14. The highest BCUT2D eigenvalue weighted by molar-refractivity contribution is 6.09. The van der Waals surface area contributed by atoms with Crippen LogP contribution in [0.15, 0.2) is 194 Å². The number of para-hydroxylation sites is 1. The van der Waals surface area contributed by atoms with Crippen molar-refractivity contribution in [3.05, 3.63) is 211 Å². The minimum absolute atomic E-state index is 1.11. The van der Waals surface area contributed by atoms with Gasteiger partial charge < -0.3 is 4.90 Å². The molecule has 0 unspecified atom stereocenters. The molecule has 0 saturated carbocycles. The fourth-order valence-electron chi connectivity index (χ4n) is 7.49. The van der Waals surface area contributed by atoms with Crippen molar-refractivity contribution >= 4 is 61.5 Å². The van der Waals surface area contributed by atoms with Crippen molar-refractivity contribution in [1.29, 1.82) is 0 Å². The Labute approximate surface area is 305 Å². The largest absolute Gasteiger partial charge is 0.310 e. The molecule has 0 heterocycles. The van der Waals surface area contributed by atoms with Crippen molar-refractivity contribution in [3.63, 3.8) is 0 Å². The first-order valence-corrected chi connectivity index (χ1v) is 17.9. The molecular weight excluding hydrogens is 627 g/mol. The Morgan fingerprint density at radius 1 is 0.385 bits per heavy atom. The van der Waals surface area contributed by atoms with Gasteiger partial charge in [0.1, 0.15) is 0 Å². The van der Waals surface area contributed by atoms with Gasteiger partial charge >= 0.3 is 0 Å². The summed E-state index contributed by atoms with van der Waals surface area (Å²) < 4.78 is 0. The fraction of sp³-hybridized carbons (Fsp3) is 0.0196. The number of hydrogen-bond donors (Lipinski definition) is 0. The normalized spacial score (nSPS) is 11.5. The van der Waals surface area contributed by atoms with Gasteiger partial charge in [-0.25, -0.2) is 0 Å². The monoisotopic (exact) mass is 663 g/mol. The van der Waals surface area contributed by atoms with Gasteiger partial charge in [0.15, 0.2) is 0 Å². The summed E-state index contributed by atoms with van der Waals surface area (Å²) >= 11 is 0. The number of benzene rings is 9. The Morgan fingerprint density at radius 2 is 0.981 bits per heavy atom. The second-order valence-corrected chi connectivity index (χ2v) is 13.4. The standard InChI is InChI=1S/C51H37N/c1-36-38(21-20-37-12-4-2-5-13-37)22-23-42-26-27-44(34-49(36)42)39-28-31-45(32-29-39)52(51-19-11-10-18-48(51)40-14-6-3-7-15-40)46-33-30-43-25-24-41-16-8-9-17-47(41)50(43)35-46/h2-35H,1H3/b21-20-. The van der Waals surface area contributed by atoms with E-state index >= 15 is 0 Å². The molecule has 9 rings (SSSR count). The summed E-state index contributed by atoms with van der Waals surface area (Å²) in [7, 11) is 0. The highest BCUT2D eigenvalue weighted by atomic mass is 15.1. The summed E-state index contributed by atoms with van der Waals surface area (Å²) in [6, 6.07) is 70.2. The van der Waals surface area contributed by atoms with Gasteiger partial charge in [0.2, 0.25) is 0 Å². The van der Waals surface area contributed by atoms with Gasteiger partial charge in [0.05, 0.1) is 5.69 Å². The molecule has 0 aromatic heterocycles. The van der Waals surface area contributed by atoms with Crippen LogP contribution in [0.4, 0.5) is 17.1 Å². The van der Waals surface area contributed by atoms with E-state index in [2.05, 4.69) is 218 Å². The Bertz CT molecular complexity index is 2720. The predicted octanol–water partition coefficient (Wildman–Crippen LogP) is 14.4. The minimum atomic E-state index is 1.11. The molecule has 0 saturated heterocycles. The second-order valence-electron chi connectivity index (χ2n) is 13.4. The van der Waals surface area contributed by atoms with E-state index in [1.165, 1.54) is 71.3 Å². The lowest BCUT2D eigenvalue weighted by molar-refractivity contribution is 1.29. The highest BCUT2D eigenvalue weighted by Crippen LogP contribution is 2.43. The third kappa shape index (κ3) is 5.93. The molecule has 0 aliphatic carbocycles. The third-order valence-electron chi connectivity index (χ3n) is 10.3. The molecule has 1 heteroatoms. The molecule has 0 N–H and O–H groups in total. The van der Waals surface area contributed by atoms with E-state index in [9.17, 15) is 0 Å². The summed E-state index contributed by atoms with van der Waals surface area (Å²) in [5.74, 6) is 0. The minimum Gasteiger partial charge on any atom is -0.310 e. The summed E-state index contributed by atoms with van der Waals surface area (Å²) in [5, 5.41) is 7.52. The van der Waals surface area contributed by atoms with Crippen molar-refractivity contribution in [2.75, 3.05) is 4.90 Å². The van der Waals surface area contributed by atoms with Crippen molar-refractivity contribution in [1.82, 2.24) is 0 Å². The molecule has 0 radical (unpaired) electrons. The molecule has 0 bridgehead atoms. The van der Waals surface area contributed by atoms with Gasteiger partial charge in [-0.05, 0) is 109 Å². The molecular formula is C51H37N. The van der Waals surface area contributed by atoms with Crippen molar-refractivity contribution in [2.24, 2.45) is 0 Å². The molecule has 0 amide bonds. The van der Waals surface area contributed by atoms with E-state index in [1.807, 2.05) is 0 Å². The molecule has 0 aliphatic rings. The van der Waals surface area contributed by atoms with Gasteiger partial charge in [0, 0.05) is 16.9 Å². The molecule has 9 aromatic rings. The zero-order chi connectivity index (χ0) is 34.9. The molecule has 1 nitrogen and oxygen atoms in total. The quantitative estimate of drug-likeness (QED) is 0.121. The zero-order valence-corrected chi connectivity index (χ0v) is 29.1. The number of rotatable bonds is 7. The summed E-state index contributed by atoms with van der Waals surface area (Å²) in [6.07, 6.45) is 4.42. The van der Waals surface area contributed by atoms with Crippen LogP contribution < -0.4 is 4.90 Å². The Hall–Kier alpha value is -6.70. The SMILES string of the molecule is Cc1c(/C=C\c2ccccc2)ccc2ccc(-c3ccc(N(c4ccc5ccc6ccccc6c5c4)c4ccccc4-c4ccccc4)cc3)cc12. The van der Waals surface area contributed by atoms with E-state index < -0.39 is 0 Å². The van der Waals surface area contributed by atoms with Crippen LogP contribution in [0.5, 0.6) is 0 Å². The first-order valence-electron chi connectivity index (χ1n) is 17.9. The smallest absolute Gasteiger partial charge is 0.0540 e. The number of fused-ring (bicyclic) bond motifs is 4. The topological polar surface area (TPSA) is 3.24 Å². The first-order chi connectivity index (χ1) is 25.7. The van der Waals surface area contributed by atoms with Gasteiger partial charge in [-0.1, -0.05) is 170 Å². The van der Waals surface area contributed by atoms with Gasteiger partial charge in [-0.2, -0.15) is 0 Å². The van der Waals surface area contributed by atoms with Crippen LogP contribution in [0.25, 0.3) is 66.7 Å². The van der Waals surface area contributed by atoms with E-state index in [0.717, 1.165) is 17.1 Å². The maximum Gasteiger partial charge on any atom is 0.0540 e. The van der Waals surface area contributed by atoms with Crippen LogP contribution in [0.3, 0.4) is 0 Å². The Kier molecular flexibility index (Phi) is 8.15. The van der Waals surface area contributed by atoms with Gasteiger partial charge in [-0.15, -0.1) is 0 Å². The number of anilines is 3. The van der Waals surface area contributed by atoms with Gasteiger partial charge in [0.25, 0.3) is 0 Å². The molecule has 0 atom stereocenters. The maximum absolute atomic E-state index is 2.41. The summed E-state index contributed by atoms with van der Waals surface area (Å²) in [6.45, 7) is 2.23. The molecule has 9 aromatic carbocycles. The predicted molar refractivity (Wildman–Crippen MR) is 225 cm³/mol. The first kappa shape index (κ1) is 31.3. The maximum atomic E-state index is 2.41. The number of hydrogen-bond acceptors (Lipinski definition) is 1. The lowest BCUT2D eigenvalue weighted by atomic mass is 9.95. The van der Waals surface area contributed by atoms with Crippen LogP contribution in [0, 0.1) is 6.92 Å². The van der Waals surface area contributed by atoms with Crippen molar-refractivity contribution in [2.45, 2.75) is 6.92 Å². The lowest BCUT2D eigenvalue weighted by Gasteiger charge is -2.28. The molecule has 0 spiro atoms. The van der Waals surface area contributed by atoms with Crippen LogP contribution in [-0.4, -0.2) is 0 Å². The Morgan fingerprint density at radius 3 is 1.81 bits per heavy atom. The van der Waals surface area contributed by atoms with E-state index in [-0.39, 0.29) is 0 Å². The van der Waals surface area contributed by atoms with E-state index in [4.69, 9.17) is 0 Å².